The third-order valence-corrected chi connectivity index (χ3v) is 4.83. The van der Waals surface area contributed by atoms with Gasteiger partial charge in [0, 0.05) is 30.9 Å². The lowest BCUT2D eigenvalue weighted by Crippen LogP contribution is -2.52. The third-order valence-electron chi connectivity index (χ3n) is 4.83. The second-order valence-electron chi connectivity index (χ2n) is 7.21. The molecule has 8 heteroatoms. The molecule has 0 unspecified atom stereocenters. The number of nitrogens with one attached hydrogen (secondary N) is 2. The molecule has 0 aliphatic carbocycles. The molecule has 2 N–H and O–H groups in total. The molecule has 2 saturated heterocycles. The normalized spacial score (nSPS) is 26.1. The number of anilines is 1. The van der Waals surface area contributed by atoms with E-state index in [1.807, 2.05) is 13.8 Å². The molecule has 0 radical (unpaired) electrons. The molecule has 3 atom stereocenters. The van der Waals surface area contributed by atoms with Gasteiger partial charge in [0.05, 0.1) is 18.1 Å². The van der Waals surface area contributed by atoms with Crippen molar-refractivity contribution in [3.63, 3.8) is 0 Å². The van der Waals surface area contributed by atoms with Crippen LogP contribution in [0.5, 0.6) is 11.5 Å². The molecule has 3 aliphatic heterocycles. The maximum absolute atomic E-state index is 12.7. The van der Waals surface area contributed by atoms with E-state index in [-0.39, 0.29) is 42.9 Å². The highest BCUT2D eigenvalue weighted by Crippen LogP contribution is 2.36. The van der Waals surface area contributed by atoms with Crippen LogP contribution in [0, 0.1) is 5.92 Å². The van der Waals surface area contributed by atoms with Crippen LogP contribution < -0.4 is 20.1 Å². The summed E-state index contributed by atoms with van der Waals surface area (Å²) in [6.45, 7) is 4.99. The molecule has 3 heterocycles. The van der Waals surface area contributed by atoms with Crippen LogP contribution in [0.2, 0.25) is 0 Å². The largest absolute Gasteiger partial charge is 0.454 e. The van der Waals surface area contributed by atoms with Crippen molar-refractivity contribution in [2.45, 2.75) is 38.5 Å². The summed E-state index contributed by atoms with van der Waals surface area (Å²) < 4.78 is 16.5. The average molecular weight is 361 g/mol. The fourth-order valence-electron chi connectivity index (χ4n) is 3.65. The number of fused-ring (bicyclic) bond motifs is 3. The van der Waals surface area contributed by atoms with Gasteiger partial charge in [-0.05, 0) is 32.4 Å². The van der Waals surface area contributed by atoms with Crippen LogP contribution in [-0.2, 0) is 9.53 Å². The van der Waals surface area contributed by atoms with Crippen LogP contribution in [0.4, 0.5) is 10.5 Å². The number of morpholine rings is 1. The first kappa shape index (κ1) is 17.0. The zero-order chi connectivity index (χ0) is 18.3. The lowest BCUT2D eigenvalue weighted by Gasteiger charge is -2.33. The summed E-state index contributed by atoms with van der Waals surface area (Å²) in [5.74, 6) is 0.931. The van der Waals surface area contributed by atoms with Crippen molar-refractivity contribution in [1.82, 2.24) is 10.2 Å². The van der Waals surface area contributed by atoms with Crippen molar-refractivity contribution in [2.75, 3.05) is 25.2 Å². The van der Waals surface area contributed by atoms with Crippen molar-refractivity contribution < 1.29 is 23.8 Å². The fraction of sp³-hybridized carbons (Fsp3) is 0.556. The standard InChI is InChI=1S/C18H23N3O5/c1-10(2)19-18(23)21-7-12-6-13(16(8-21)26-12)17(22)20-11-3-4-14-15(5-11)25-9-24-14/h3-5,10,12-13,16H,6-9H2,1-2H3,(H,19,23)(H,20,22)/t12-,13+,16-/m0/s1. The van der Waals surface area contributed by atoms with Crippen LogP contribution in [-0.4, -0.2) is 55.0 Å². The molecule has 3 amide bonds. The van der Waals surface area contributed by atoms with E-state index in [4.69, 9.17) is 14.2 Å². The molecule has 26 heavy (non-hydrogen) atoms. The van der Waals surface area contributed by atoms with E-state index in [2.05, 4.69) is 10.6 Å². The van der Waals surface area contributed by atoms with E-state index in [1.165, 1.54) is 0 Å². The van der Waals surface area contributed by atoms with Gasteiger partial charge in [0.25, 0.3) is 0 Å². The molecule has 0 spiro atoms. The number of carbonyl (C=O) groups is 2. The molecule has 4 rings (SSSR count). The summed E-state index contributed by atoms with van der Waals surface area (Å²) in [6, 6.07) is 5.29. The monoisotopic (exact) mass is 361 g/mol. The lowest BCUT2D eigenvalue weighted by atomic mass is 9.99. The minimum Gasteiger partial charge on any atom is -0.454 e. The Morgan fingerprint density at radius 1 is 1.19 bits per heavy atom. The van der Waals surface area contributed by atoms with Crippen LogP contribution in [0.3, 0.4) is 0 Å². The Kier molecular flexibility index (Phi) is 4.36. The molecule has 3 aliphatic rings. The summed E-state index contributed by atoms with van der Waals surface area (Å²) in [7, 11) is 0. The van der Waals surface area contributed by atoms with Crippen molar-refractivity contribution in [3.05, 3.63) is 18.2 Å². The van der Waals surface area contributed by atoms with E-state index in [0.29, 0.717) is 36.7 Å². The van der Waals surface area contributed by atoms with Gasteiger partial charge in [0.15, 0.2) is 11.5 Å². The topological polar surface area (TPSA) is 89.1 Å². The molecule has 2 fully saturated rings. The maximum atomic E-state index is 12.7. The smallest absolute Gasteiger partial charge is 0.317 e. The second-order valence-corrected chi connectivity index (χ2v) is 7.21. The van der Waals surface area contributed by atoms with Gasteiger partial charge in [-0.3, -0.25) is 4.79 Å². The Bertz CT molecular complexity index is 723. The van der Waals surface area contributed by atoms with Gasteiger partial charge in [-0.1, -0.05) is 0 Å². The number of hydrogen-bond donors (Lipinski definition) is 2. The molecular weight excluding hydrogens is 338 g/mol. The number of likely N-dealkylation sites (tertiary alicyclic amines) is 1. The number of ether oxygens (including phenoxy) is 3. The highest BCUT2D eigenvalue weighted by Gasteiger charge is 2.45. The van der Waals surface area contributed by atoms with Crippen molar-refractivity contribution in [2.24, 2.45) is 5.92 Å². The predicted octanol–water partition coefficient (Wildman–Crippen LogP) is 1.56. The van der Waals surface area contributed by atoms with Gasteiger partial charge >= 0.3 is 6.03 Å². The molecule has 2 bridgehead atoms. The molecule has 8 nitrogen and oxygen atoms in total. The highest BCUT2D eigenvalue weighted by atomic mass is 16.7. The fourth-order valence-corrected chi connectivity index (χ4v) is 3.65. The first-order valence-corrected chi connectivity index (χ1v) is 8.91. The minimum atomic E-state index is -0.277. The summed E-state index contributed by atoms with van der Waals surface area (Å²) in [6.07, 6.45) is 0.242. The predicted molar refractivity (Wildman–Crippen MR) is 93.2 cm³/mol. The lowest BCUT2D eigenvalue weighted by molar-refractivity contribution is -0.122. The second kappa shape index (κ2) is 6.68. The van der Waals surface area contributed by atoms with Gasteiger partial charge in [0.1, 0.15) is 0 Å². The van der Waals surface area contributed by atoms with Gasteiger partial charge < -0.3 is 29.7 Å². The Morgan fingerprint density at radius 2 is 2.00 bits per heavy atom. The SMILES string of the molecule is CC(C)NC(=O)N1C[C@@H]2C[C@@H](C(=O)Nc3ccc4c(c3)OCO4)[C@H](C1)O2. The Balaban J connectivity index is 1.39. The number of benzene rings is 1. The van der Waals surface area contributed by atoms with E-state index < -0.39 is 0 Å². The number of nitrogens with zero attached hydrogens (tertiary/aromatic N) is 1. The van der Waals surface area contributed by atoms with E-state index in [0.717, 1.165) is 0 Å². The van der Waals surface area contributed by atoms with Crippen molar-refractivity contribution >= 4 is 17.6 Å². The van der Waals surface area contributed by atoms with Crippen LogP contribution >= 0.6 is 0 Å². The number of carbonyl (C=O) groups excluding carboxylic acids is 2. The maximum Gasteiger partial charge on any atom is 0.317 e. The number of rotatable bonds is 3. The van der Waals surface area contributed by atoms with Crippen molar-refractivity contribution in [1.29, 1.82) is 0 Å². The van der Waals surface area contributed by atoms with Crippen LogP contribution in [0.25, 0.3) is 0 Å². The van der Waals surface area contributed by atoms with E-state index in [1.54, 1.807) is 23.1 Å². The van der Waals surface area contributed by atoms with Gasteiger partial charge in [-0.15, -0.1) is 0 Å². The summed E-state index contributed by atoms with van der Waals surface area (Å²) in [5.41, 5.74) is 0.662. The van der Waals surface area contributed by atoms with Crippen LogP contribution in [0.1, 0.15) is 20.3 Å². The Morgan fingerprint density at radius 3 is 2.81 bits per heavy atom. The number of hydrogen-bond acceptors (Lipinski definition) is 5. The summed E-state index contributed by atoms with van der Waals surface area (Å²) in [4.78, 5) is 26.7. The summed E-state index contributed by atoms with van der Waals surface area (Å²) >= 11 is 0. The van der Waals surface area contributed by atoms with Crippen LogP contribution in [0.15, 0.2) is 18.2 Å². The van der Waals surface area contributed by atoms with Crippen molar-refractivity contribution in [3.8, 4) is 11.5 Å². The zero-order valence-corrected chi connectivity index (χ0v) is 14.9. The minimum absolute atomic E-state index is 0.0769. The summed E-state index contributed by atoms with van der Waals surface area (Å²) in [5, 5.41) is 5.82. The molecule has 1 aromatic carbocycles. The van der Waals surface area contributed by atoms with Gasteiger partial charge in [-0.25, -0.2) is 4.79 Å². The molecule has 1 aromatic rings. The van der Waals surface area contributed by atoms with E-state index in [9.17, 15) is 9.59 Å². The Hall–Kier alpha value is -2.48. The average Bonchev–Trinajstić information content (AvgIpc) is 3.17. The first-order valence-electron chi connectivity index (χ1n) is 8.91. The van der Waals surface area contributed by atoms with Gasteiger partial charge in [-0.2, -0.15) is 0 Å². The highest BCUT2D eigenvalue weighted by molar-refractivity contribution is 5.93. The molecular formula is C18H23N3O5. The quantitative estimate of drug-likeness (QED) is 0.853. The molecule has 0 saturated carbocycles. The number of urea groups is 1. The van der Waals surface area contributed by atoms with E-state index >= 15 is 0 Å². The Labute approximate surface area is 151 Å². The van der Waals surface area contributed by atoms with Gasteiger partial charge in [0.2, 0.25) is 12.7 Å². The first-order chi connectivity index (χ1) is 12.5. The third kappa shape index (κ3) is 3.29. The zero-order valence-electron chi connectivity index (χ0n) is 14.9. The number of amides is 3. The molecule has 0 aromatic heterocycles. The molecule has 140 valence electrons.